The first-order valence-electron chi connectivity index (χ1n) is 10.0. The number of esters is 1. The molecule has 7 nitrogen and oxygen atoms in total. The maximum Gasteiger partial charge on any atom is 0.339 e. The molecule has 160 valence electrons. The van der Waals surface area contributed by atoms with E-state index in [-0.39, 0.29) is 11.1 Å². The summed E-state index contributed by atoms with van der Waals surface area (Å²) in [7, 11) is 0. The van der Waals surface area contributed by atoms with Gasteiger partial charge in [0.15, 0.2) is 5.78 Å². The molecule has 2 atom stereocenters. The highest BCUT2D eigenvalue weighted by Gasteiger charge is 2.46. The van der Waals surface area contributed by atoms with Crippen molar-refractivity contribution in [1.29, 1.82) is 0 Å². The van der Waals surface area contributed by atoms with E-state index in [1.807, 2.05) is 32.0 Å². The fraction of sp³-hybridized carbons (Fsp3) is 0.160. The number of aromatic nitrogens is 1. The maximum absolute atomic E-state index is 13.4. The molecule has 0 unspecified atom stereocenters. The summed E-state index contributed by atoms with van der Waals surface area (Å²) in [6.07, 6.45) is 1.64. The van der Waals surface area contributed by atoms with Gasteiger partial charge in [-0.15, -0.1) is 0 Å². The van der Waals surface area contributed by atoms with Gasteiger partial charge in [0.25, 0.3) is 5.91 Å². The summed E-state index contributed by atoms with van der Waals surface area (Å²) >= 11 is 0. The third-order valence-electron chi connectivity index (χ3n) is 5.50. The van der Waals surface area contributed by atoms with Crippen LogP contribution in [0.15, 0.2) is 67.0 Å². The van der Waals surface area contributed by atoms with Gasteiger partial charge in [-0.2, -0.15) is 0 Å². The molecule has 0 bridgehead atoms. The summed E-state index contributed by atoms with van der Waals surface area (Å²) in [5.41, 5.74) is 2.93. The van der Waals surface area contributed by atoms with E-state index in [0.717, 1.165) is 11.1 Å². The number of nitrogens with one attached hydrogen (secondary N) is 1. The molecule has 0 spiro atoms. The van der Waals surface area contributed by atoms with Gasteiger partial charge in [0.2, 0.25) is 5.78 Å². The van der Waals surface area contributed by atoms with Crippen molar-refractivity contribution in [3.63, 3.8) is 0 Å². The van der Waals surface area contributed by atoms with E-state index in [2.05, 4.69) is 10.3 Å². The smallest absolute Gasteiger partial charge is 0.339 e. The van der Waals surface area contributed by atoms with E-state index >= 15 is 0 Å². The first kappa shape index (κ1) is 21.1. The largest absolute Gasteiger partial charge is 0.453 e. The van der Waals surface area contributed by atoms with Crippen LogP contribution in [-0.4, -0.2) is 28.4 Å². The zero-order valence-corrected chi connectivity index (χ0v) is 17.5. The molecule has 1 amide bonds. The number of para-hydroxylation sites is 1. The van der Waals surface area contributed by atoms with Gasteiger partial charge < -0.3 is 10.1 Å². The lowest BCUT2D eigenvalue weighted by atomic mass is 9.85. The van der Waals surface area contributed by atoms with Crippen LogP contribution in [0.1, 0.15) is 43.5 Å². The van der Waals surface area contributed by atoms with Crippen LogP contribution in [0, 0.1) is 19.8 Å². The van der Waals surface area contributed by atoms with E-state index in [1.165, 1.54) is 24.5 Å². The molecule has 1 aliphatic heterocycles. The molecule has 1 aliphatic rings. The number of fused-ring (bicyclic) bond motifs is 1. The van der Waals surface area contributed by atoms with E-state index in [9.17, 15) is 19.2 Å². The predicted octanol–water partition coefficient (Wildman–Crippen LogP) is 3.62. The number of ketones is 2. The Morgan fingerprint density at radius 1 is 0.938 bits per heavy atom. The minimum absolute atomic E-state index is 0.193. The predicted molar refractivity (Wildman–Crippen MR) is 116 cm³/mol. The van der Waals surface area contributed by atoms with E-state index < -0.39 is 35.5 Å². The molecule has 7 heteroatoms. The monoisotopic (exact) mass is 428 g/mol. The van der Waals surface area contributed by atoms with Crippen LogP contribution in [0.4, 0.5) is 5.69 Å². The van der Waals surface area contributed by atoms with Gasteiger partial charge in [-0.1, -0.05) is 36.4 Å². The van der Waals surface area contributed by atoms with Crippen LogP contribution >= 0.6 is 0 Å². The molecule has 0 fully saturated rings. The van der Waals surface area contributed by atoms with Gasteiger partial charge in [-0.25, -0.2) is 4.79 Å². The molecule has 2 heterocycles. The third-order valence-corrected chi connectivity index (χ3v) is 5.50. The third kappa shape index (κ3) is 3.80. The SMILES string of the molecule is Cc1cccc(C)c1NC(=O)C(=O)[C@H](C(=O)c1ccncc1)[C@@H]1OC(=O)c2ccccc21. The Labute approximate surface area is 184 Å². The Kier molecular flexibility index (Phi) is 5.64. The number of hydrogen-bond acceptors (Lipinski definition) is 6. The molecule has 1 aromatic heterocycles. The van der Waals surface area contributed by atoms with E-state index in [1.54, 1.807) is 24.3 Å². The quantitative estimate of drug-likeness (QED) is 0.278. The number of nitrogens with zero attached hydrogens (tertiary/aromatic N) is 1. The Bertz CT molecular complexity index is 1220. The lowest BCUT2D eigenvalue weighted by Gasteiger charge is -2.21. The molecular weight excluding hydrogens is 408 g/mol. The van der Waals surface area contributed by atoms with Crippen LogP contribution in [0.5, 0.6) is 0 Å². The molecule has 32 heavy (non-hydrogen) atoms. The highest BCUT2D eigenvalue weighted by atomic mass is 16.5. The van der Waals surface area contributed by atoms with Crippen LogP contribution in [-0.2, 0) is 14.3 Å². The minimum atomic E-state index is -1.53. The second-order valence-electron chi connectivity index (χ2n) is 7.58. The first-order valence-corrected chi connectivity index (χ1v) is 10.0. The molecule has 2 aromatic carbocycles. The topological polar surface area (TPSA) is 102 Å². The number of hydrogen-bond donors (Lipinski definition) is 1. The second-order valence-corrected chi connectivity index (χ2v) is 7.58. The lowest BCUT2D eigenvalue weighted by Crippen LogP contribution is -2.38. The number of aryl methyl sites for hydroxylation is 2. The fourth-order valence-corrected chi connectivity index (χ4v) is 3.84. The number of rotatable bonds is 6. The number of benzene rings is 2. The highest BCUT2D eigenvalue weighted by Crippen LogP contribution is 2.38. The zero-order valence-electron chi connectivity index (χ0n) is 17.5. The van der Waals surface area contributed by atoms with Gasteiger partial charge in [0, 0.05) is 29.2 Å². The molecule has 0 saturated heterocycles. The molecule has 0 saturated carbocycles. The van der Waals surface area contributed by atoms with Crippen molar-refractivity contribution in [1.82, 2.24) is 4.98 Å². The molecule has 0 aliphatic carbocycles. The van der Waals surface area contributed by atoms with E-state index in [0.29, 0.717) is 11.3 Å². The van der Waals surface area contributed by atoms with Crippen LogP contribution in [0.3, 0.4) is 0 Å². The van der Waals surface area contributed by atoms with Crippen LogP contribution in [0.25, 0.3) is 0 Å². The Balaban J connectivity index is 1.73. The van der Waals surface area contributed by atoms with Crippen molar-refractivity contribution in [3.8, 4) is 0 Å². The van der Waals surface area contributed by atoms with E-state index in [4.69, 9.17) is 4.74 Å². The van der Waals surface area contributed by atoms with Crippen molar-refractivity contribution in [2.24, 2.45) is 5.92 Å². The standard InChI is InChI=1S/C25H20N2O5/c1-14-6-5-7-15(2)20(14)27-24(30)22(29)19(21(28)16-10-12-26-13-11-16)23-17-8-3-4-9-18(17)25(31)32-23/h3-13,19,23H,1-2H3,(H,27,30)/t19-,23+/m0/s1. The summed E-state index contributed by atoms with van der Waals surface area (Å²) in [4.78, 5) is 55.9. The molecular formula is C25H20N2O5. The molecule has 0 radical (unpaired) electrons. The van der Waals surface area contributed by atoms with Gasteiger partial charge in [-0.05, 0) is 43.2 Å². The number of carbonyl (C=O) groups excluding carboxylic acids is 4. The summed E-state index contributed by atoms with van der Waals surface area (Å²) < 4.78 is 5.43. The van der Waals surface area contributed by atoms with Crippen molar-refractivity contribution < 1.29 is 23.9 Å². The van der Waals surface area contributed by atoms with Crippen molar-refractivity contribution in [3.05, 3.63) is 94.8 Å². The summed E-state index contributed by atoms with van der Waals surface area (Å²) in [5.74, 6) is -4.72. The Morgan fingerprint density at radius 2 is 1.59 bits per heavy atom. The van der Waals surface area contributed by atoms with Gasteiger partial charge in [0.05, 0.1) is 5.56 Å². The minimum Gasteiger partial charge on any atom is -0.453 e. The molecule has 4 rings (SSSR count). The highest BCUT2D eigenvalue weighted by molar-refractivity contribution is 6.45. The van der Waals surface area contributed by atoms with Gasteiger partial charge >= 0.3 is 5.97 Å². The summed E-state index contributed by atoms with van der Waals surface area (Å²) in [6.45, 7) is 3.61. The van der Waals surface area contributed by atoms with Crippen LogP contribution in [0.2, 0.25) is 0 Å². The van der Waals surface area contributed by atoms with Gasteiger partial charge in [0.1, 0.15) is 12.0 Å². The Hall–Kier alpha value is -4.13. The molecule has 3 aromatic rings. The summed E-state index contributed by atoms with van der Waals surface area (Å²) in [6, 6.07) is 14.9. The van der Waals surface area contributed by atoms with Crippen molar-refractivity contribution in [2.75, 3.05) is 5.32 Å². The zero-order chi connectivity index (χ0) is 22.8. The maximum atomic E-state index is 13.4. The number of amides is 1. The summed E-state index contributed by atoms with van der Waals surface area (Å²) in [5, 5.41) is 2.63. The normalized spacial score (nSPS) is 15.4. The lowest BCUT2D eigenvalue weighted by molar-refractivity contribution is -0.138. The van der Waals surface area contributed by atoms with Gasteiger partial charge in [-0.3, -0.25) is 19.4 Å². The fourth-order valence-electron chi connectivity index (χ4n) is 3.84. The Morgan fingerprint density at radius 3 is 2.28 bits per heavy atom. The number of Topliss-reactive ketones (excluding diaryl/α,β-unsaturated/α-hetero) is 2. The average molecular weight is 428 g/mol. The van der Waals surface area contributed by atoms with Crippen molar-refractivity contribution >= 4 is 29.1 Å². The number of cyclic esters (lactones) is 1. The number of carbonyl (C=O) groups is 4. The first-order chi connectivity index (χ1) is 15.4. The average Bonchev–Trinajstić information content (AvgIpc) is 3.13. The number of ether oxygens (including phenoxy) is 1. The number of pyridine rings is 1. The second kappa shape index (κ2) is 8.55. The molecule has 1 N–H and O–H groups in total. The van der Waals surface area contributed by atoms with Crippen molar-refractivity contribution in [2.45, 2.75) is 20.0 Å². The number of anilines is 1. The van der Waals surface area contributed by atoms with Crippen LogP contribution < -0.4 is 5.32 Å².